The first kappa shape index (κ1) is 12.8. The zero-order valence-corrected chi connectivity index (χ0v) is 9.51. The fourth-order valence-electron chi connectivity index (χ4n) is 2.25. The van der Waals surface area contributed by atoms with Crippen LogP contribution in [0, 0.1) is 0 Å². The molecule has 0 spiro atoms. The number of nitrogens with two attached hydrogens (primary N) is 1. The van der Waals surface area contributed by atoms with Gasteiger partial charge in [-0.05, 0) is 31.3 Å². The van der Waals surface area contributed by atoms with Crippen LogP contribution in [-0.4, -0.2) is 36.5 Å². The average Bonchev–Trinajstić information content (AvgIpc) is 2.75. The molecule has 1 rings (SSSR count). The van der Waals surface area contributed by atoms with Crippen molar-refractivity contribution in [3.63, 3.8) is 0 Å². The predicted octanol–water partition coefficient (Wildman–Crippen LogP) is 1.42. The Balaban J connectivity index is 2.36. The van der Waals surface area contributed by atoms with E-state index in [4.69, 9.17) is 11.3 Å². The number of amides is 1. The molecule has 0 aliphatic heterocycles. The summed E-state index contributed by atoms with van der Waals surface area (Å²) in [7, 11) is 0. The van der Waals surface area contributed by atoms with Crippen molar-refractivity contribution in [1.82, 2.24) is 4.90 Å². The highest BCUT2D eigenvalue weighted by atomic mass is 16.1. The molecule has 6 nitrogen and oxygen atoms in total. The Hall–Kier alpha value is -1.26. The third-order valence-corrected chi connectivity index (χ3v) is 2.97. The van der Waals surface area contributed by atoms with Crippen molar-refractivity contribution in [1.29, 1.82) is 0 Å². The molecule has 1 aliphatic carbocycles. The fourth-order valence-corrected chi connectivity index (χ4v) is 2.25. The fraction of sp³-hybridized carbons (Fsp3) is 0.900. The Labute approximate surface area is 95.4 Å². The van der Waals surface area contributed by atoms with Gasteiger partial charge in [-0.15, -0.1) is 0 Å². The van der Waals surface area contributed by atoms with Crippen LogP contribution in [0.4, 0.5) is 0 Å². The van der Waals surface area contributed by atoms with Gasteiger partial charge in [-0.1, -0.05) is 18.0 Å². The third-order valence-electron chi connectivity index (χ3n) is 2.97. The molecule has 2 N–H and O–H groups in total. The van der Waals surface area contributed by atoms with E-state index in [1.165, 1.54) is 12.8 Å². The molecule has 0 atom stereocenters. The van der Waals surface area contributed by atoms with Gasteiger partial charge in [0.05, 0.1) is 6.54 Å². The van der Waals surface area contributed by atoms with Crippen LogP contribution >= 0.6 is 0 Å². The molecule has 1 fully saturated rings. The van der Waals surface area contributed by atoms with Gasteiger partial charge in [-0.25, -0.2) is 0 Å². The number of rotatable bonds is 7. The monoisotopic (exact) mass is 225 g/mol. The maximum Gasteiger partial charge on any atom is 0.231 e. The molecule has 16 heavy (non-hydrogen) atoms. The summed E-state index contributed by atoms with van der Waals surface area (Å²) in [5.41, 5.74) is 13.4. The largest absolute Gasteiger partial charge is 0.369 e. The lowest BCUT2D eigenvalue weighted by molar-refractivity contribution is -0.119. The van der Waals surface area contributed by atoms with Gasteiger partial charge >= 0.3 is 0 Å². The number of primary amides is 1. The first-order valence-corrected chi connectivity index (χ1v) is 5.77. The number of hydrogen-bond acceptors (Lipinski definition) is 3. The van der Waals surface area contributed by atoms with Gasteiger partial charge in [0.25, 0.3) is 0 Å². The number of azide groups is 1. The topological polar surface area (TPSA) is 95.1 Å². The number of nitrogens with zero attached hydrogens (tertiary/aromatic N) is 4. The van der Waals surface area contributed by atoms with E-state index in [1.54, 1.807) is 0 Å². The predicted molar refractivity (Wildman–Crippen MR) is 61.7 cm³/mol. The molecule has 1 saturated carbocycles. The minimum Gasteiger partial charge on any atom is -0.369 e. The third kappa shape index (κ3) is 4.51. The van der Waals surface area contributed by atoms with E-state index in [9.17, 15) is 4.79 Å². The highest BCUT2D eigenvalue weighted by Gasteiger charge is 2.22. The maximum atomic E-state index is 11.0. The van der Waals surface area contributed by atoms with Gasteiger partial charge < -0.3 is 5.73 Å². The van der Waals surface area contributed by atoms with Crippen molar-refractivity contribution in [3.05, 3.63) is 10.4 Å². The lowest BCUT2D eigenvalue weighted by Gasteiger charge is -2.27. The van der Waals surface area contributed by atoms with Crippen LogP contribution in [0.25, 0.3) is 10.4 Å². The molecule has 0 unspecified atom stereocenters. The second-order valence-electron chi connectivity index (χ2n) is 4.18. The molecule has 0 radical (unpaired) electrons. The molecule has 90 valence electrons. The van der Waals surface area contributed by atoms with Crippen LogP contribution in [0.1, 0.15) is 32.1 Å². The summed E-state index contributed by atoms with van der Waals surface area (Å²) >= 11 is 0. The van der Waals surface area contributed by atoms with Crippen molar-refractivity contribution in [2.24, 2.45) is 10.8 Å². The SMILES string of the molecule is [N-]=[N+]=NCCCN(CC(N)=O)C1CCCC1. The number of hydrogen-bond donors (Lipinski definition) is 1. The lowest BCUT2D eigenvalue weighted by Crippen LogP contribution is -2.40. The van der Waals surface area contributed by atoms with Crippen molar-refractivity contribution in [2.45, 2.75) is 38.1 Å². The van der Waals surface area contributed by atoms with E-state index in [0.29, 0.717) is 19.1 Å². The number of carbonyl (C=O) groups is 1. The van der Waals surface area contributed by atoms with Crippen LogP contribution in [0.2, 0.25) is 0 Å². The maximum absolute atomic E-state index is 11.0. The van der Waals surface area contributed by atoms with Crippen LogP contribution in [-0.2, 0) is 4.79 Å². The summed E-state index contributed by atoms with van der Waals surface area (Å²) < 4.78 is 0. The normalized spacial score (nSPS) is 16.3. The molecule has 0 aromatic heterocycles. The van der Waals surface area contributed by atoms with Crippen molar-refractivity contribution in [2.75, 3.05) is 19.6 Å². The van der Waals surface area contributed by atoms with E-state index in [1.807, 2.05) is 0 Å². The molecule has 1 amide bonds. The van der Waals surface area contributed by atoms with Crippen molar-refractivity contribution < 1.29 is 4.79 Å². The molecular weight excluding hydrogens is 206 g/mol. The Morgan fingerprint density at radius 3 is 2.75 bits per heavy atom. The summed E-state index contributed by atoms with van der Waals surface area (Å²) in [6.07, 6.45) is 5.55. The lowest BCUT2D eigenvalue weighted by atomic mass is 10.2. The molecule has 0 saturated heterocycles. The molecule has 6 heteroatoms. The molecule has 0 aromatic rings. The summed E-state index contributed by atoms with van der Waals surface area (Å²) in [5, 5.41) is 3.49. The first-order valence-electron chi connectivity index (χ1n) is 5.77. The van der Waals surface area contributed by atoms with Gasteiger partial charge in [0, 0.05) is 17.5 Å². The second kappa shape index (κ2) is 7.09. The van der Waals surface area contributed by atoms with Crippen molar-refractivity contribution >= 4 is 5.91 Å². The van der Waals surface area contributed by atoms with Gasteiger partial charge in [-0.2, -0.15) is 0 Å². The highest BCUT2D eigenvalue weighted by molar-refractivity contribution is 5.75. The average molecular weight is 225 g/mol. The van der Waals surface area contributed by atoms with E-state index in [-0.39, 0.29) is 5.91 Å². The summed E-state index contributed by atoms with van der Waals surface area (Å²) in [6.45, 7) is 1.59. The van der Waals surface area contributed by atoms with E-state index < -0.39 is 0 Å². The molecule has 0 bridgehead atoms. The Kier molecular flexibility index (Phi) is 5.67. The van der Waals surface area contributed by atoms with E-state index in [2.05, 4.69) is 14.9 Å². The zero-order chi connectivity index (χ0) is 11.8. The zero-order valence-electron chi connectivity index (χ0n) is 9.51. The quantitative estimate of drug-likeness (QED) is 0.307. The molecule has 1 aliphatic rings. The highest BCUT2D eigenvalue weighted by Crippen LogP contribution is 2.23. The van der Waals surface area contributed by atoms with Gasteiger partial charge in [0.1, 0.15) is 0 Å². The standard InChI is InChI=1S/C10H19N5O/c11-10(16)8-15(7-3-6-13-14-12)9-4-1-2-5-9/h9H,1-8H2,(H2,11,16). The summed E-state index contributed by atoms with van der Waals surface area (Å²) in [6, 6.07) is 0.485. The number of carbonyl (C=O) groups excluding carboxylic acids is 1. The van der Waals surface area contributed by atoms with Crippen LogP contribution in [0.5, 0.6) is 0 Å². The molecular formula is C10H19N5O. The van der Waals surface area contributed by atoms with Gasteiger partial charge in [-0.3, -0.25) is 9.69 Å². The Morgan fingerprint density at radius 1 is 1.50 bits per heavy atom. The van der Waals surface area contributed by atoms with Crippen LogP contribution in [0.15, 0.2) is 5.11 Å². The van der Waals surface area contributed by atoms with Crippen molar-refractivity contribution in [3.8, 4) is 0 Å². The molecule has 0 aromatic carbocycles. The van der Waals surface area contributed by atoms with E-state index in [0.717, 1.165) is 25.8 Å². The Morgan fingerprint density at radius 2 is 2.19 bits per heavy atom. The first-order chi connectivity index (χ1) is 7.74. The van der Waals surface area contributed by atoms with E-state index >= 15 is 0 Å². The second-order valence-corrected chi connectivity index (χ2v) is 4.18. The minimum absolute atomic E-state index is 0.282. The Bertz CT molecular complexity index is 268. The summed E-state index contributed by atoms with van der Waals surface area (Å²) in [5.74, 6) is -0.282. The minimum atomic E-state index is -0.282. The van der Waals surface area contributed by atoms with Crippen LogP contribution in [0.3, 0.4) is 0 Å². The summed E-state index contributed by atoms with van der Waals surface area (Å²) in [4.78, 5) is 15.8. The molecule has 0 heterocycles. The van der Waals surface area contributed by atoms with Gasteiger partial charge in [0.15, 0.2) is 0 Å². The van der Waals surface area contributed by atoms with Gasteiger partial charge in [0.2, 0.25) is 5.91 Å². The smallest absolute Gasteiger partial charge is 0.231 e. The van der Waals surface area contributed by atoms with Crippen LogP contribution < -0.4 is 5.73 Å².